The summed E-state index contributed by atoms with van der Waals surface area (Å²) in [5.41, 5.74) is 10.9. The Hall–Kier alpha value is -5.74. The van der Waals surface area contributed by atoms with Crippen LogP contribution in [0.3, 0.4) is 0 Å². The van der Waals surface area contributed by atoms with Crippen LogP contribution in [0, 0.1) is 0 Å². The van der Waals surface area contributed by atoms with Crippen molar-refractivity contribution in [1.29, 1.82) is 0 Å². The Morgan fingerprint density at radius 1 is 0.533 bits per heavy atom. The van der Waals surface area contributed by atoms with Crippen molar-refractivity contribution in [3.63, 3.8) is 0 Å². The standard InChI is InChI=1S/C41H29N3O/c1-41(2)34-17-9-6-14-29(34)32-24-33-30-15-8-11-19-37(30)43(38(33)25-35(32)41)27-20-22-28(23-21-27)44-39(26-12-4-3-5-13-26)42-36-18-10-7-16-31(36)40(44)45/h3-25H,1-2H3. The van der Waals surface area contributed by atoms with E-state index in [9.17, 15) is 4.79 Å². The van der Waals surface area contributed by atoms with E-state index >= 15 is 0 Å². The van der Waals surface area contributed by atoms with Crippen molar-refractivity contribution in [2.45, 2.75) is 19.3 Å². The zero-order valence-electron chi connectivity index (χ0n) is 25.0. The third-order valence-corrected chi connectivity index (χ3v) is 9.55. The van der Waals surface area contributed by atoms with Crippen LogP contribution in [-0.2, 0) is 5.41 Å². The predicted octanol–water partition coefficient (Wildman–Crippen LogP) is 9.46. The lowest BCUT2D eigenvalue weighted by Crippen LogP contribution is -2.22. The second-order valence-electron chi connectivity index (χ2n) is 12.4. The summed E-state index contributed by atoms with van der Waals surface area (Å²) in [5.74, 6) is 0.626. The number of fused-ring (bicyclic) bond motifs is 7. The number of aromatic nitrogens is 3. The van der Waals surface area contributed by atoms with E-state index in [4.69, 9.17) is 4.98 Å². The van der Waals surface area contributed by atoms with Gasteiger partial charge in [-0.25, -0.2) is 4.98 Å². The monoisotopic (exact) mass is 579 g/mol. The quantitative estimate of drug-likeness (QED) is 0.209. The number of hydrogen-bond donors (Lipinski definition) is 0. The molecule has 1 aliphatic carbocycles. The summed E-state index contributed by atoms with van der Waals surface area (Å²) in [5, 5.41) is 3.06. The van der Waals surface area contributed by atoms with Gasteiger partial charge in [0.25, 0.3) is 5.56 Å². The topological polar surface area (TPSA) is 39.8 Å². The number of benzene rings is 6. The van der Waals surface area contributed by atoms with E-state index in [1.54, 1.807) is 4.57 Å². The highest BCUT2D eigenvalue weighted by Crippen LogP contribution is 2.50. The Morgan fingerprint density at radius 2 is 1.18 bits per heavy atom. The second-order valence-corrected chi connectivity index (χ2v) is 12.4. The van der Waals surface area contributed by atoms with E-state index in [-0.39, 0.29) is 11.0 Å². The van der Waals surface area contributed by atoms with Crippen molar-refractivity contribution in [1.82, 2.24) is 14.1 Å². The van der Waals surface area contributed by atoms with Gasteiger partial charge in [0.1, 0.15) is 5.82 Å². The molecule has 0 N–H and O–H groups in total. The molecule has 9 rings (SSSR count). The fourth-order valence-corrected chi connectivity index (χ4v) is 7.35. The molecule has 6 aromatic carbocycles. The average Bonchev–Trinajstić information content (AvgIpc) is 3.52. The van der Waals surface area contributed by atoms with E-state index in [0.29, 0.717) is 16.7 Å². The van der Waals surface area contributed by atoms with Crippen LogP contribution in [-0.4, -0.2) is 14.1 Å². The molecule has 0 atom stereocenters. The third kappa shape index (κ3) is 3.66. The van der Waals surface area contributed by atoms with Gasteiger partial charge in [-0.3, -0.25) is 9.36 Å². The molecule has 2 aromatic heterocycles. The van der Waals surface area contributed by atoms with Gasteiger partial charge in [0, 0.05) is 27.4 Å². The van der Waals surface area contributed by atoms with Crippen LogP contribution < -0.4 is 5.56 Å². The maximum atomic E-state index is 14.0. The molecule has 0 bridgehead atoms. The predicted molar refractivity (Wildman–Crippen MR) is 185 cm³/mol. The minimum atomic E-state index is -0.0939. The van der Waals surface area contributed by atoms with Gasteiger partial charge in [0.05, 0.1) is 27.6 Å². The molecule has 0 unspecified atom stereocenters. The van der Waals surface area contributed by atoms with E-state index in [1.165, 1.54) is 38.5 Å². The number of nitrogens with zero attached hydrogens (tertiary/aromatic N) is 3. The first-order chi connectivity index (χ1) is 22.0. The Bertz CT molecular complexity index is 2520. The zero-order chi connectivity index (χ0) is 30.3. The minimum Gasteiger partial charge on any atom is -0.309 e. The van der Waals surface area contributed by atoms with Crippen molar-refractivity contribution < 1.29 is 0 Å². The van der Waals surface area contributed by atoms with Crippen LogP contribution in [0.2, 0.25) is 0 Å². The third-order valence-electron chi connectivity index (χ3n) is 9.55. The summed E-state index contributed by atoms with van der Waals surface area (Å²) in [6.07, 6.45) is 0. The molecule has 8 aromatic rings. The van der Waals surface area contributed by atoms with Crippen LogP contribution in [0.4, 0.5) is 0 Å². The van der Waals surface area contributed by atoms with Crippen LogP contribution in [0.15, 0.2) is 144 Å². The molecule has 45 heavy (non-hydrogen) atoms. The molecule has 0 aliphatic heterocycles. The molecule has 0 saturated carbocycles. The minimum absolute atomic E-state index is 0.0820. The molecule has 214 valence electrons. The smallest absolute Gasteiger partial charge is 0.266 e. The molecule has 0 amide bonds. The Balaban J connectivity index is 1.26. The maximum Gasteiger partial charge on any atom is 0.266 e. The van der Waals surface area contributed by atoms with E-state index < -0.39 is 0 Å². The van der Waals surface area contributed by atoms with Gasteiger partial charge in [-0.05, 0) is 76.9 Å². The first-order valence-electron chi connectivity index (χ1n) is 15.4. The number of rotatable bonds is 3. The van der Waals surface area contributed by atoms with Gasteiger partial charge in [-0.2, -0.15) is 0 Å². The Labute approximate surface area is 260 Å². The van der Waals surface area contributed by atoms with Gasteiger partial charge >= 0.3 is 0 Å². The van der Waals surface area contributed by atoms with Crippen LogP contribution >= 0.6 is 0 Å². The van der Waals surface area contributed by atoms with Crippen molar-refractivity contribution in [3.05, 3.63) is 161 Å². The molecule has 0 saturated heterocycles. The molecular formula is C41H29N3O. The molecule has 4 nitrogen and oxygen atoms in total. The van der Waals surface area contributed by atoms with Crippen LogP contribution in [0.1, 0.15) is 25.0 Å². The van der Waals surface area contributed by atoms with E-state index in [2.05, 4.69) is 91.2 Å². The first kappa shape index (κ1) is 25.7. The lowest BCUT2D eigenvalue weighted by molar-refractivity contribution is 0.661. The second kappa shape index (κ2) is 9.38. The van der Waals surface area contributed by atoms with E-state index in [0.717, 1.165) is 22.5 Å². The SMILES string of the molecule is CC1(C)c2ccccc2-c2cc3c4ccccc4n(-c4ccc(-n5c(-c6ccccc6)nc6ccccc6c5=O)cc4)c3cc21. The maximum absolute atomic E-state index is 14.0. The summed E-state index contributed by atoms with van der Waals surface area (Å²) in [7, 11) is 0. The average molecular weight is 580 g/mol. The zero-order valence-corrected chi connectivity index (χ0v) is 25.0. The molecule has 0 spiro atoms. The lowest BCUT2D eigenvalue weighted by Gasteiger charge is -2.21. The van der Waals surface area contributed by atoms with Crippen molar-refractivity contribution in [3.8, 4) is 33.9 Å². The summed E-state index contributed by atoms with van der Waals surface area (Å²) < 4.78 is 4.09. The summed E-state index contributed by atoms with van der Waals surface area (Å²) in [6, 6.07) is 48.0. The summed E-state index contributed by atoms with van der Waals surface area (Å²) >= 11 is 0. The summed E-state index contributed by atoms with van der Waals surface area (Å²) in [4.78, 5) is 18.9. The highest BCUT2D eigenvalue weighted by Gasteiger charge is 2.36. The number of hydrogen-bond acceptors (Lipinski definition) is 2. The summed E-state index contributed by atoms with van der Waals surface area (Å²) in [6.45, 7) is 4.65. The van der Waals surface area contributed by atoms with Crippen molar-refractivity contribution >= 4 is 32.7 Å². The van der Waals surface area contributed by atoms with Gasteiger partial charge in [-0.15, -0.1) is 0 Å². The number of para-hydroxylation sites is 2. The highest BCUT2D eigenvalue weighted by atomic mass is 16.1. The fourth-order valence-electron chi connectivity index (χ4n) is 7.35. The lowest BCUT2D eigenvalue weighted by atomic mass is 9.82. The largest absolute Gasteiger partial charge is 0.309 e. The van der Waals surface area contributed by atoms with Gasteiger partial charge in [0.15, 0.2) is 0 Å². The molecule has 0 fully saturated rings. The van der Waals surface area contributed by atoms with E-state index in [1.807, 2.05) is 66.7 Å². The Morgan fingerprint density at radius 3 is 1.98 bits per heavy atom. The Kier molecular flexibility index (Phi) is 5.36. The molecule has 2 heterocycles. The molecular weight excluding hydrogens is 550 g/mol. The van der Waals surface area contributed by atoms with Crippen molar-refractivity contribution in [2.24, 2.45) is 0 Å². The molecule has 4 heteroatoms. The molecule has 0 radical (unpaired) electrons. The fraction of sp³-hybridized carbons (Fsp3) is 0.0732. The van der Waals surface area contributed by atoms with Crippen LogP contribution in [0.5, 0.6) is 0 Å². The highest BCUT2D eigenvalue weighted by molar-refractivity contribution is 6.11. The van der Waals surface area contributed by atoms with Gasteiger partial charge < -0.3 is 4.57 Å². The van der Waals surface area contributed by atoms with Gasteiger partial charge in [0.2, 0.25) is 0 Å². The normalized spacial score (nSPS) is 13.4. The first-order valence-corrected chi connectivity index (χ1v) is 15.4. The van der Waals surface area contributed by atoms with Crippen molar-refractivity contribution in [2.75, 3.05) is 0 Å². The van der Waals surface area contributed by atoms with Gasteiger partial charge in [-0.1, -0.05) is 98.8 Å². The molecule has 1 aliphatic rings. The van der Waals surface area contributed by atoms with Crippen LogP contribution in [0.25, 0.3) is 66.6 Å².